The van der Waals surface area contributed by atoms with Gasteiger partial charge in [-0.1, -0.05) is 25.0 Å². The van der Waals surface area contributed by atoms with Crippen LogP contribution in [0.5, 0.6) is 0 Å². The maximum absolute atomic E-state index is 13.3. The lowest BCUT2D eigenvalue weighted by molar-refractivity contribution is -0.136. The second-order valence-corrected chi connectivity index (χ2v) is 9.50. The first kappa shape index (κ1) is 22.1. The number of rotatable bonds is 4. The number of nitrogens with zero attached hydrogens (tertiary/aromatic N) is 5. The van der Waals surface area contributed by atoms with Gasteiger partial charge in [-0.15, -0.1) is 11.5 Å². The molecule has 0 saturated carbocycles. The quantitative estimate of drug-likeness (QED) is 0.706. The molecule has 164 valence electrons. The van der Waals surface area contributed by atoms with Crippen LogP contribution in [0.2, 0.25) is 0 Å². The van der Waals surface area contributed by atoms with Crippen LogP contribution in [0, 0.1) is 18.3 Å². The Labute approximate surface area is 178 Å². The Morgan fingerprint density at radius 2 is 1.87 bits per heavy atom. The van der Waals surface area contributed by atoms with Gasteiger partial charge in [-0.3, -0.25) is 9.69 Å². The van der Waals surface area contributed by atoms with Gasteiger partial charge in [-0.05, 0) is 52.4 Å². The second-order valence-electron chi connectivity index (χ2n) is 9.50. The molecule has 0 radical (unpaired) electrons. The molecule has 0 bridgehead atoms. The van der Waals surface area contributed by atoms with Crippen LogP contribution in [0.3, 0.4) is 0 Å². The highest BCUT2D eigenvalue weighted by atomic mass is 16.6. The number of terminal acetylenes is 1. The fourth-order valence-corrected chi connectivity index (χ4v) is 4.27. The molecular weight excluding hydrogens is 382 g/mol. The van der Waals surface area contributed by atoms with Gasteiger partial charge in [0.25, 0.3) is 0 Å². The molecule has 3 atom stereocenters. The number of carbonyl (C=O) groups is 2. The molecule has 3 heterocycles. The third-order valence-electron chi connectivity index (χ3n) is 5.65. The van der Waals surface area contributed by atoms with Crippen LogP contribution in [0.4, 0.5) is 4.79 Å². The van der Waals surface area contributed by atoms with Gasteiger partial charge >= 0.3 is 6.09 Å². The fourth-order valence-electron chi connectivity index (χ4n) is 4.27. The van der Waals surface area contributed by atoms with Crippen molar-refractivity contribution >= 4 is 12.0 Å². The van der Waals surface area contributed by atoms with Crippen LogP contribution in [0.1, 0.15) is 78.1 Å². The molecule has 1 aromatic rings. The molecular formula is C22H33N5O3. The molecule has 2 aliphatic heterocycles. The van der Waals surface area contributed by atoms with Crippen molar-refractivity contribution in [3.63, 3.8) is 0 Å². The number of hydrogen-bond donors (Lipinski definition) is 0. The van der Waals surface area contributed by atoms with E-state index in [1.54, 1.807) is 20.7 Å². The first-order valence-corrected chi connectivity index (χ1v) is 10.8. The average Bonchev–Trinajstić information content (AvgIpc) is 3.39. The van der Waals surface area contributed by atoms with Gasteiger partial charge in [-0.25, -0.2) is 9.48 Å². The normalized spacial score (nSPS) is 23.0. The highest BCUT2D eigenvalue weighted by Gasteiger charge is 2.38. The maximum atomic E-state index is 13.3. The second kappa shape index (κ2) is 8.66. The summed E-state index contributed by atoms with van der Waals surface area (Å²) in [6.45, 7) is 10.8. The monoisotopic (exact) mass is 415 g/mol. The highest BCUT2D eigenvalue weighted by Crippen LogP contribution is 2.33. The smallest absolute Gasteiger partial charge is 0.410 e. The lowest BCUT2D eigenvalue weighted by atomic mass is 10.0. The van der Waals surface area contributed by atoms with Gasteiger partial charge in [0.2, 0.25) is 5.91 Å². The molecule has 3 rings (SSSR count). The van der Waals surface area contributed by atoms with E-state index < -0.39 is 11.6 Å². The Balaban J connectivity index is 1.80. The third kappa shape index (κ3) is 4.61. The lowest BCUT2D eigenvalue weighted by Crippen LogP contribution is -2.42. The van der Waals surface area contributed by atoms with Gasteiger partial charge in [0.1, 0.15) is 17.3 Å². The van der Waals surface area contributed by atoms with E-state index in [1.165, 1.54) is 0 Å². The standard InChI is InChI=1S/C22H33N5O3/c1-7-16-10-8-12-25(16)20(28)19(15(2)3)27-14-17(23-24-27)18-11-9-13-26(18)21(29)30-22(4,5)6/h1,14-16,18-19H,8-13H2,2-6H3/t16-,18+,19-/m1/s1. The van der Waals surface area contributed by atoms with Crippen molar-refractivity contribution in [2.75, 3.05) is 13.1 Å². The summed E-state index contributed by atoms with van der Waals surface area (Å²) in [7, 11) is 0. The molecule has 1 aromatic heterocycles. The molecule has 0 unspecified atom stereocenters. The number of ether oxygens (including phenoxy) is 1. The van der Waals surface area contributed by atoms with Crippen LogP contribution < -0.4 is 0 Å². The number of amides is 2. The van der Waals surface area contributed by atoms with Gasteiger partial charge in [-0.2, -0.15) is 0 Å². The van der Waals surface area contributed by atoms with Crippen LogP contribution in [0.15, 0.2) is 6.20 Å². The van der Waals surface area contributed by atoms with E-state index in [9.17, 15) is 9.59 Å². The van der Waals surface area contributed by atoms with Crippen molar-refractivity contribution < 1.29 is 14.3 Å². The Morgan fingerprint density at radius 3 is 2.50 bits per heavy atom. The highest BCUT2D eigenvalue weighted by molar-refractivity contribution is 5.81. The van der Waals surface area contributed by atoms with Crippen molar-refractivity contribution in [2.45, 2.75) is 84.0 Å². The maximum Gasteiger partial charge on any atom is 0.410 e. The van der Waals surface area contributed by atoms with Crippen LogP contribution in [-0.4, -0.2) is 61.5 Å². The van der Waals surface area contributed by atoms with Gasteiger partial charge in [0.15, 0.2) is 0 Å². The van der Waals surface area contributed by atoms with Gasteiger partial charge in [0.05, 0.1) is 18.3 Å². The van der Waals surface area contributed by atoms with E-state index in [1.807, 2.05) is 34.6 Å². The van der Waals surface area contributed by atoms with E-state index in [4.69, 9.17) is 11.2 Å². The summed E-state index contributed by atoms with van der Waals surface area (Å²) in [5.41, 5.74) is 0.132. The Bertz CT molecular complexity index is 819. The van der Waals surface area contributed by atoms with E-state index in [2.05, 4.69) is 16.2 Å². The van der Waals surface area contributed by atoms with Gasteiger partial charge in [0, 0.05) is 13.1 Å². The van der Waals surface area contributed by atoms with Crippen LogP contribution in [-0.2, 0) is 9.53 Å². The van der Waals surface area contributed by atoms with Crippen molar-refractivity contribution in [1.29, 1.82) is 0 Å². The Kier molecular flexibility index (Phi) is 6.39. The first-order valence-electron chi connectivity index (χ1n) is 10.8. The van der Waals surface area contributed by atoms with Crippen LogP contribution in [0.25, 0.3) is 0 Å². The van der Waals surface area contributed by atoms with Crippen LogP contribution >= 0.6 is 0 Å². The summed E-state index contributed by atoms with van der Waals surface area (Å²) in [5.74, 6) is 2.74. The van der Waals surface area contributed by atoms with Crippen molar-refractivity contribution in [1.82, 2.24) is 24.8 Å². The summed E-state index contributed by atoms with van der Waals surface area (Å²) in [6, 6.07) is -0.822. The van der Waals surface area contributed by atoms with E-state index >= 15 is 0 Å². The summed E-state index contributed by atoms with van der Waals surface area (Å²) in [4.78, 5) is 29.4. The fraction of sp³-hybridized carbons (Fsp3) is 0.727. The molecule has 8 nitrogen and oxygen atoms in total. The van der Waals surface area contributed by atoms with E-state index in [0.29, 0.717) is 18.8 Å². The van der Waals surface area contributed by atoms with E-state index in [-0.39, 0.29) is 30.0 Å². The number of carbonyl (C=O) groups excluding carboxylic acids is 2. The molecule has 0 aliphatic carbocycles. The summed E-state index contributed by atoms with van der Waals surface area (Å²) < 4.78 is 7.19. The first-order chi connectivity index (χ1) is 14.1. The minimum absolute atomic E-state index is 0.0164. The molecule has 0 spiro atoms. The number of hydrogen-bond acceptors (Lipinski definition) is 5. The predicted molar refractivity (Wildman–Crippen MR) is 112 cm³/mol. The number of likely N-dealkylation sites (tertiary alicyclic amines) is 2. The predicted octanol–water partition coefficient (Wildman–Crippen LogP) is 3.17. The summed E-state index contributed by atoms with van der Waals surface area (Å²) in [5, 5.41) is 8.61. The minimum Gasteiger partial charge on any atom is -0.444 e. The summed E-state index contributed by atoms with van der Waals surface area (Å²) >= 11 is 0. The molecule has 0 aromatic carbocycles. The lowest BCUT2D eigenvalue weighted by Gasteiger charge is -2.28. The Morgan fingerprint density at radius 1 is 1.20 bits per heavy atom. The largest absolute Gasteiger partial charge is 0.444 e. The van der Waals surface area contributed by atoms with Crippen molar-refractivity contribution in [3.8, 4) is 12.3 Å². The molecule has 2 saturated heterocycles. The topological polar surface area (TPSA) is 80.6 Å². The molecule has 30 heavy (non-hydrogen) atoms. The molecule has 2 amide bonds. The SMILES string of the molecule is C#C[C@@H]1CCCN1C(=O)[C@@H](C(C)C)n1cc([C@@H]2CCCN2C(=O)OC(C)(C)C)nn1. The number of aromatic nitrogens is 3. The van der Waals surface area contributed by atoms with E-state index in [0.717, 1.165) is 25.7 Å². The zero-order valence-electron chi connectivity index (χ0n) is 18.7. The molecule has 8 heteroatoms. The minimum atomic E-state index is -0.555. The Hall–Kier alpha value is -2.56. The van der Waals surface area contributed by atoms with Crippen molar-refractivity contribution in [2.24, 2.45) is 5.92 Å². The molecule has 2 aliphatic rings. The average molecular weight is 416 g/mol. The van der Waals surface area contributed by atoms with Crippen molar-refractivity contribution in [3.05, 3.63) is 11.9 Å². The zero-order chi connectivity index (χ0) is 22.1. The molecule has 0 N–H and O–H groups in total. The van der Waals surface area contributed by atoms with Gasteiger partial charge < -0.3 is 9.64 Å². The molecule has 2 fully saturated rings. The zero-order valence-corrected chi connectivity index (χ0v) is 18.7. The third-order valence-corrected chi connectivity index (χ3v) is 5.65. The summed E-state index contributed by atoms with van der Waals surface area (Å²) in [6.07, 6.45) is 10.5.